The van der Waals surface area contributed by atoms with Crippen molar-refractivity contribution in [2.24, 2.45) is 11.8 Å². The first-order valence-corrected chi connectivity index (χ1v) is 5.82. The maximum absolute atomic E-state index is 11.9. The van der Waals surface area contributed by atoms with Gasteiger partial charge in [-0.3, -0.25) is 4.79 Å². The summed E-state index contributed by atoms with van der Waals surface area (Å²) in [6.45, 7) is 9.43. The van der Waals surface area contributed by atoms with Crippen LogP contribution < -0.4 is 0 Å². The van der Waals surface area contributed by atoms with Crippen LogP contribution in [0.4, 0.5) is 0 Å². The summed E-state index contributed by atoms with van der Waals surface area (Å²) in [5, 5.41) is 0. The van der Waals surface area contributed by atoms with Gasteiger partial charge in [0.2, 0.25) is 5.91 Å². The molecule has 14 heavy (non-hydrogen) atoms. The molecule has 1 fully saturated rings. The van der Waals surface area contributed by atoms with E-state index in [1.807, 2.05) is 13.8 Å². The second kappa shape index (κ2) is 4.81. The first-order valence-electron chi connectivity index (χ1n) is 5.82. The van der Waals surface area contributed by atoms with E-state index < -0.39 is 0 Å². The highest BCUT2D eigenvalue weighted by molar-refractivity contribution is 5.78. The van der Waals surface area contributed by atoms with Gasteiger partial charge in [0.05, 0.1) is 0 Å². The van der Waals surface area contributed by atoms with E-state index in [1.54, 1.807) is 0 Å². The van der Waals surface area contributed by atoms with Gasteiger partial charge < -0.3 is 4.90 Å². The first kappa shape index (κ1) is 11.5. The van der Waals surface area contributed by atoms with Gasteiger partial charge in [-0.15, -0.1) is 0 Å². The number of nitrogens with zero attached hydrogens (tertiary/aromatic N) is 1. The minimum Gasteiger partial charge on any atom is -0.339 e. The van der Waals surface area contributed by atoms with Crippen LogP contribution in [-0.4, -0.2) is 23.4 Å². The fourth-order valence-corrected chi connectivity index (χ4v) is 2.25. The van der Waals surface area contributed by atoms with Crippen LogP contribution in [0.2, 0.25) is 0 Å². The largest absolute Gasteiger partial charge is 0.339 e. The van der Waals surface area contributed by atoms with Gasteiger partial charge in [-0.2, -0.15) is 0 Å². The van der Waals surface area contributed by atoms with Crippen LogP contribution in [0, 0.1) is 11.8 Å². The van der Waals surface area contributed by atoms with Crippen molar-refractivity contribution in [1.82, 2.24) is 4.90 Å². The lowest BCUT2D eigenvalue weighted by Crippen LogP contribution is -2.38. The molecule has 1 atom stereocenters. The smallest absolute Gasteiger partial charge is 0.225 e. The van der Waals surface area contributed by atoms with Gasteiger partial charge in [0.1, 0.15) is 0 Å². The Morgan fingerprint density at radius 3 is 2.50 bits per heavy atom. The van der Waals surface area contributed by atoms with Crippen LogP contribution in [-0.2, 0) is 4.79 Å². The van der Waals surface area contributed by atoms with Crippen LogP contribution in [0.5, 0.6) is 0 Å². The van der Waals surface area contributed by atoms with E-state index in [4.69, 9.17) is 0 Å². The predicted molar refractivity (Wildman–Crippen MR) is 59.0 cm³/mol. The Kier molecular flexibility index (Phi) is 3.97. The molecular weight excluding hydrogens is 174 g/mol. The highest BCUT2D eigenvalue weighted by Crippen LogP contribution is 2.24. The normalized spacial score (nSPS) is 22.4. The third kappa shape index (κ3) is 2.73. The fourth-order valence-electron chi connectivity index (χ4n) is 2.25. The van der Waals surface area contributed by atoms with Crippen LogP contribution in [0.15, 0.2) is 0 Å². The third-order valence-corrected chi connectivity index (χ3v) is 2.90. The second-order valence-electron chi connectivity index (χ2n) is 5.11. The Balaban J connectivity index is 2.55. The number of hydrogen-bond donors (Lipinski definition) is 0. The number of likely N-dealkylation sites (tertiary alicyclic amines) is 1. The Hall–Kier alpha value is -0.530. The van der Waals surface area contributed by atoms with Gasteiger partial charge in [0, 0.05) is 18.5 Å². The van der Waals surface area contributed by atoms with E-state index in [0.717, 1.165) is 6.54 Å². The molecule has 1 rings (SSSR count). The summed E-state index contributed by atoms with van der Waals surface area (Å²) in [7, 11) is 0. The Morgan fingerprint density at radius 1 is 1.36 bits per heavy atom. The molecule has 0 aliphatic carbocycles. The lowest BCUT2D eigenvalue weighted by atomic mass is 10.0. The number of carbonyl (C=O) groups excluding carboxylic acids is 1. The Labute approximate surface area is 87.7 Å². The molecule has 1 aliphatic rings. The zero-order valence-electron chi connectivity index (χ0n) is 9.92. The summed E-state index contributed by atoms with van der Waals surface area (Å²) >= 11 is 0. The molecule has 1 heterocycles. The van der Waals surface area contributed by atoms with E-state index >= 15 is 0 Å². The van der Waals surface area contributed by atoms with Crippen molar-refractivity contribution in [2.45, 2.75) is 53.0 Å². The van der Waals surface area contributed by atoms with Crippen LogP contribution in [0.1, 0.15) is 47.0 Å². The number of amides is 1. The standard InChI is InChI=1S/C12H23NO/c1-9(2)8-11-6-5-7-13(11)12(14)10(3)4/h9-11H,5-8H2,1-4H3. The summed E-state index contributed by atoms with van der Waals surface area (Å²) < 4.78 is 0. The zero-order chi connectivity index (χ0) is 10.7. The quantitative estimate of drug-likeness (QED) is 0.681. The molecule has 0 spiro atoms. The molecule has 0 aromatic rings. The van der Waals surface area contributed by atoms with Gasteiger partial charge in [0.15, 0.2) is 0 Å². The molecule has 0 bridgehead atoms. The highest BCUT2D eigenvalue weighted by atomic mass is 16.2. The van der Waals surface area contributed by atoms with Crippen LogP contribution >= 0.6 is 0 Å². The van der Waals surface area contributed by atoms with E-state index in [0.29, 0.717) is 17.9 Å². The molecule has 0 aromatic heterocycles. The van der Waals surface area contributed by atoms with E-state index in [9.17, 15) is 4.79 Å². The summed E-state index contributed by atoms with van der Waals surface area (Å²) in [6.07, 6.45) is 3.56. The number of hydrogen-bond acceptors (Lipinski definition) is 1. The average molecular weight is 197 g/mol. The van der Waals surface area contributed by atoms with Crippen molar-refractivity contribution < 1.29 is 4.79 Å². The monoisotopic (exact) mass is 197 g/mol. The van der Waals surface area contributed by atoms with Gasteiger partial charge in [-0.1, -0.05) is 27.7 Å². The van der Waals surface area contributed by atoms with Crippen molar-refractivity contribution in [3.8, 4) is 0 Å². The number of carbonyl (C=O) groups is 1. The van der Waals surface area contributed by atoms with Crippen molar-refractivity contribution in [3.05, 3.63) is 0 Å². The van der Waals surface area contributed by atoms with Crippen molar-refractivity contribution >= 4 is 5.91 Å². The molecule has 1 saturated heterocycles. The minimum absolute atomic E-state index is 0.155. The molecule has 0 radical (unpaired) electrons. The van der Waals surface area contributed by atoms with Gasteiger partial charge in [-0.25, -0.2) is 0 Å². The van der Waals surface area contributed by atoms with E-state index in [2.05, 4.69) is 18.7 Å². The fraction of sp³-hybridized carbons (Fsp3) is 0.917. The molecule has 2 nitrogen and oxygen atoms in total. The van der Waals surface area contributed by atoms with Gasteiger partial charge in [-0.05, 0) is 25.2 Å². The number of rotatable bonds is 3. The lowest BCUT2D eigenvalue weighted by molar-refractivity contribution is -0.135. The maximum Gasteiger partial charge on any atom is 0.225 e. The molecule has 0 aromatic carbocycles. The Morgan fingerprint density at radius 2 is 2.00 bits per heavy atom. The summed E-state index contributed by atoms with van der Waals surface area (Å²) in [4.78, 5) is 14.0. The molecular formula is C12H23NO. The van der Waals surface area contributed by atoms with Gasteiger partial charge >= 0.3 is 0 Å². The van der Waals surface area contributed by atoms with E-state index in [-0.39, 0.29) is 5.92 Å². The molecule has 0 saturated carbocycles. The zero-order valence-corrected chi connectivity index (χ0v) is 9.92. The first-order chi connectivity index (χ1) is 6.52. The summed E-state index contributed by atoms with van der Waals surface area (Å²) in [5.74, 6) is 1.19. The molecule has 2 heteroatoms. The van der Waals surface area contributed by atoms with Gasteiger partial charge in [0.25, 0.3) is 0 Å². The second-order valence-corrected chi connectivity index (χ2v) is 5.11. The molecule has 1 amide bonds. The van der Waals surface area contributed by atoms with Crippen molar-refractivity contribution in [1.29, 1.82) is 0 Å². The summed E-state index contributed by atoms with van der Waals surface area (Å²) in [6, 6.07) is 0.518. The average Bonchev–Trinajstić information content (AvgIpc) is 2.49. The van der Waals surface area contributed by atoms with Crippen molar-refractivity contribution in [3.63, 3.8) is 0 Å². The Bertz CT molecular complexity index is 198. The highest BCUT2D eigenvalue weighted by Gasteiger charge is 2.29. The van der Waals surface area contributed by atoms with Crippen molar-refractivity contribution in [2.75, 3.05) is 6.54 Å². The van der Waals surface area contributed by atoms with Crippen LogP contribution in [0.25, 0.3) is 0 Å². The minimum atomic E-state index is 0.155. The molecule has 1 aliphatic heterocycles. The van der Waals surface area contributed by atoms with Crippen LogP contribution in [0.3, 0.4) is 0 Å². The molecule has 1 unspecified atom stereocenters. The SMILES string of the molecule is CC(C)CC1CCCN1C(=O)C(C)C. The van der Waals surface area contributed by atoms with E-state index in [1.165, 1.54) is 19.3 Å². The lowest BCUT2D eigenvalue weighted by Gasteiger charge is -2.27. The maximum atomic E-state index is 11.9. The molecule has 82 valence electrons. The topological polar surface area (TPSA) is 20.3 Å². The third-order valence-electron chi connectivity index (χ3n) is 2.90. The predicted octanol–water partition coefficient (Wildman–Crippen LogP) is 2.68. The molecule has 0 N–H and O–H groups in total. The summed E-state index contributed by atoms with van der Waals surface area (Å²) in [5.41, 5.74) is 0.